The van der Waals surface area contributed by atoms with Gasteiger partial charge in [-0.1, -0.05) is 19.1 Å². The minimum absolute atomic E-state index is 0.0550. The third-order valence-corrected chi connectivity index (χ3v) is 5.53. The lowest BCUT2D eigenvalue weighted by Crippen LogP contribution is -2.30. The average Bonchev–Trinajstić information content (AvgIpc) is 3.21. The van der Waals surface area contributed by atoms with Crippen LogP contribution in [0.1, 0.15) is 18.1 Å². The number of anilines is 1. The molecule has 4 aromatic rings. The molecule has 188 valence electrons. The molecule has 0 aliphatic carbocycles. The number of imidazole rings is 1. The van der Waals surface area contributed by atoms with Crippen LogP contribution < -0.4 is 21.4 Å². The maximum atomic E-state index is 12.6. The van der Waals surface area contributed by atoms with E-state index in [2.05, 4.69) is 20.5 Å². The van der Waals surface area contributed by atoms with E-state index in [1.165, 1.54) is 40.6 Å². The summed E-state index contributed by atoms with van der Waals surface area (Å²) in [6.45, 7) is 1.89. The first-order valence-corrected chi connectivity index (χ1v) is 11.2. The Balaban J connectivity index is 1.61. The highest BCUT2D eigenvalue weighted by atomic mass is 16.5. The van der Waals surface area contributed by atoms with Crippen LogP contribution in [0.3, 0.4) is 0 Å². The number of hydrogen-bond acceptors (Lipinski definition) is 9. The molecule has 0 aliphatic rings. The monoisotopic (exact) mass is 494 g/mol. The van der Waals surface area contributed by atoms with E-state index in [0.717, 1.165) is 12.0 Å². The van der Waals surface area contributed by atoms with Crippen molar-refractivity contribution in [1.29, 1.82) is 0 Å². The molecular formula is C24H26N6O6. The van der Waals surface area contributed by atoms with Gasteiger partial charge in [0.2, 0.25) is 5.95 Å². The number of fused-ring (bicyclic) bond motifs is 1. The number of aromatic amines is 1. The van der Waals surface area contributed by atoms with Gasteiger partial charge in [-0.3, -0.25) is 14.3 Å². The van der Waals surface area contributed by atoms with Crippen LogP contribution in [-0.4, -0.2) is 53.3 Å². The SMILES string of the molecule is CCc1cccc(OC[C@@H](O)Cn2c(N/N=C/c3ccc(O)cc3O)nc3c2c(=O)[nH]c(=O)n3C)c1. The van der Waals surface area contributed by atoms with E-state index in [1.54, 1.807) is 6.07 Å². The van der Waals surface area contributed by atoms with Crippen LogP contribution in [0.25, 0.3) is 11.2 Å². The summed E-state index contributed by atoms with van der Waals surface area (Å²) in [6.07, 6.45) is 1.11. The molecule has 2 heterocycles. The third kappa shape index (κ3) is 5.23. The number of aryl methyl sites for hydroxylation is 2. The number of phenolic OH excluding ortho intramolecular Hbond substituents is 2. The molecule has 4 rings (SSSR count). The van der Waals surface area contributed by atoms with Gasteiger partial charge in [0.25, 0.3) is 5.56 Å². The summed E-state index contributed by atoms with van der Waals surface area (Å²) < 4.78 is 8.30. The second kappa shape index (κ2) is 10.4. The summed E-state index contributed by atoms with van der Waals surface area (Å²) in [6, 6.07) is 11.5. The Bertz CT molecular complexity index is 1540. The van der Waals surface area contributed by atoms with E-state index in [1.807, 2.05) is 25.1 Å². The van der Waals surface area contributed by atoms with Gasteiger partial charge in [-0.05, 0) is 36.2 Å². The zero-order valence-corrected chi connectivity index (χ0v) is 19.7. The Morgan fingerprint density at radius 3 is 2.78 bits per heavy atom. The summed E-state index contributed by atoms with van der Waals surface area (Å²) in [4.78, 5) is 31.2. The lowest BCUT2D eigenvalue weighted by molar-refractivity contribution is 0.0938. The molecule has 0 saturated heterocycles. The zero-order chi connectivity index (χ0) is 25.8. The highest BCUT2D eigenvalue weighted by Crippen LogP contribution is 2.21. The van der Waals surface area contributed by atoms with Crippen molar-refractivity contribution in [2.24, 2.45) is 12.1 Å². The number of hydrogen-bond donors (Lipinski definition) is 5. The molecule has 36 heavy (non-hydrogen) atoms. The average molecular weight is 495 g/mol. The number of aromatic hydroxyl groups is 2. The van der Waals surface area contributed by atoms with Gasteiger partial charge in [-0.25, -0.2) is 10.2 Å². The van der Waals surface area contributed by atoms with E-state index >= 15 is 0 Å². The molecular weight excluding hydrogens is 468 g/mol. The topological polar surface area (TPSA) is 167 Å². The number of hydrazone groups is 1. The van der Waals surface area contributed by atoms with E-state index in [-0.39, 0.29) is 41.8 Å². The van der Waals surface area contributed by atoms with Gasteiger partial charge < -0.3 is 24.6 Å². The predicted octanol–water partition coefficient (Wildman–Crippen LogP) is 1.28. The molecule has 1 atom stereocenters. The summed E-state index contributed by atoms with van der Waals surface area (Å²) in [5.41, 5.74) is 2.95. The fourth-order valence-corrected chi connectivity index (χ4v) is 3.61. The normalized spacial score (nSPS) is 12.3. The smallest absolute Gasteiger partial charge is 0.329 e. The van der Waals surface area contributed by atoms with Crippen molar-refractivity contribution >= 4 is 23.3 Å². The van der Waals surface area contributed by atoms with Crippen molar-refractivity contribution in [3.63, 3.8) is 0 Å². The number of nitrogens with one attached hydrogen (secondary N) is 2. The quantitative estimate of drug-likeness (QED) is 0.171. The first-order valence-electron chi connectivity index (χ1n) is 11.2. The van der Waals surface area contributed by atoms with E-state index in [9.17, 15) is 24.9 Å². The molecule has 0 bridgehead atoms. The Morgan fingerprint density at radius 2 is 2.03 bits per heavy atom. The van der Waals surface area contributed by atoms with Crippen molar-refractivity contribution in [2.45, 2.75) is 26.0 Å². The van der Waals surface area contributed by atoms with E-state index in [0.29, 0.717) is 11.3 Å². The zero-order valence-electron chi connectivity index (χ0n) is 19.7. The molecule has 5 N–H and O–H groups in total. The van der Waals surface area contributed by atoms with Crippen LogP contribution in [0.5, 0.6) is 17.2 Å². The Morgan fingerprint density at radius 1 is 1.22 bits per heavy atom. The van der Waals surface area contributed by atoms with Crippen LogP contribution in [0.4, 0.5) is 5.95 Å². The molecule has 0 saturated carbocycles. The predicted molar refractivity (Wildman–Crippen MR) is 134 cm³/mol. The third-order valence-electron chi connectivity index (χ3n) is 5.53. The molecule has 2 aromatic carbocycles. The fourth-order valence-electron chi connectivity index (χ4n) is 3.61. The Hall–Kier alpha value is -4.58. The van der Waals surface area contributed by atoms with Crippen LogP contribution in [0.2, 0.25) is 0 Å². The molecule has 2 aromatic heterocycles. The lowest BCUT2D eigenvalue weighted by Gasteiger charge is -2.15. The molecule has 0 amide bonds. The number of aliphatic hydroxyl groups is 1. The molecule has 12 heteroatoms. The summed E-state index contributed by atoms with van der Waals surface area (Å²) in [5, 5.41) is 34.1. The molecule has 0 aliphatic heterocycles. The van der Waals surface area contributed by atoms with Crippen molar-refractivity contribution < 1.29 is 20.1 Å². The number of aliphatic hydroxyl groups excluding tert-OH is 1. The minimum Gasteiger partial charge on any atom is -0.508 e. The van der Waals surface area contributed by atoms with Gasteiger partial charge in [-0.2, -0.15) is 10.1 Å². The van der Waals surface area contributed by atoms with Crippen LogP contribution in [0, 0.1) is 0 Å². The van der Waals surface area contributed by atoms with Crippen molar-refractivity contribution in [3.05, 3.63) is 74.4 Å². The van der Waals surface area contributed by atoms with Crippen molar-refractivity contribution in [1.82, 2.24) is 19.1 Å². The fraction of sp³-hybridized carbons (Fsp3) is 0.250. The van der Waals surface area contributed by atoms with Gasteiger partial charge in [0.05, 0.1) is 12.8 Å². The van der Waals surface area contributed by atoms with Gasteiger partial charge in [0, 0.05) is 18.7 Å². The molecule has 0 spiro atoms. The number of H-pyrrole nitrogens is 1. The number of benzene rings is 2. The van der Waals surface area contributed by atoms with E-state index < -0.39 is 17.4 Å². The van der Waals surface area contributed by atoms with Crippen LogP contribution in [0.15, 0.2) is 57.2 Å². The number of nitrogens with zero attached hydrogens (tertiary/aromatic N) is 4. The second-order valence-electron chi connectivity index (χ2n) is 8.12. The minimum atomic E-state index is -1.03. The first-order chi connectivity index (χ1) is 17.3. The second-order valence-corrected chi connectivity index (χ2v) is 8.12. The molecule has 0 unspecified atom stereocenters. The van der Waals surface area contributed by atoms with Gasteiger partial charge in [0.1, 0.15) is 30.0 Å². The first kappa shape index (κ1) is 24.5. The highest BCUT2D eigenvalue weighted by molar-refractivity contribution is 5.84. The highest BCUT2D eigenvalue weighted by Gasteiger charge is 2.20. The summed E-state index contributed by atoms with van der Waals surface area (Å²) in [5.74, 6) is 0.406. The molecule has 0 fully saturated rings. The standard InChI is InChI=1S/C24H26N6O6/c1-3-14-5-4-6-18(9-14)36-13-17(32)12-30-20-21(29(2)24(35)27-22(20)34)26-23(30)28-25-11-15-7-8-16(31)10-19(15)33/h4-11,17,31-33H,3,12-13H2,1-2H3,(H,26,28)(H,27,34,35)/b25-11+/t17-/m0/s1. The Labute approximate surface area is 204 Å². The Kier molecular flexibility index (Phi) is 7.06. The summed E-state index contributed by atoms with van der Waals surface area (Å²) in [7, 11) is 1.46. The van der Waals surface area contributed by atoms with Crippen molar-refractivity contribution in [2.75, 3.05) is 12.0 Å². The van der Waals surface area contributed by atoms with Crippen molar-refractivity contribution in [3.8, 4) is 17.2 Å². The van der Waals surface area contributed by atoms with Gasteiger partial charge in [-0.15, -0.1) is 0 Å². The number of aromatic nitrogens is 4. The number of phenols is 2. The maximum Gasteiger partial charge on any atom is 0.329 e. The summed E-state index contributed by atoms with van der Waals surface area (Å²) >= 11 is 0. The van der Waals surface area contributed by atoms with Gasteiger partial charge in [0.15, 0.2) is 11.2 Å². The van der Waals surface area contributed by atoms with Gasteiger partial charge >= 0.3 is 5.69 Å². The molecule has 0 radical (unpaired) electrons. The lowest BCUT2D eigenvalue weighted by atomic mass is 10.2. The number of ether oxygens (including phenoxy) is 1. The number of rotatable bonds is 9. The molecule has 12 nitrogen and oxygen atoms in total. The maximum absolute atomic E-state index is 12.6. The van der Waals surface area contributed by atoms with Crippen LogP contribution in [-0.2, 0) is 20.0 Å². The van der Waals surface area contributed by atoms with E-state index in [4.69, 9.17) is 4.74 Å². The van der Waals surface area contributed by atoms with Crippen LogP contribution >= 0.6 is 0 Å². The largest absolute Gasteiger partial charge is 0.508 e.